The van der Waals surface area contributed by atoms with Crippen LogP contribution in [0.1, 0.15) is 22.4 Å². The Balaban J connectivity index is 1.57. The number of aromatic nitrogens is 3. The molecule has 1 aliphatic heterocycles. The van der Waals surface area contributed by atoms with E-state index in [0.717, 1.165) is 31.9 Å². The summed E-state index contributed by atoms with van der Waals surface area (Å²) in [5.41, 5.74) is 0.515. The van der Waals surface area contributed by atoms with Crippen LogP contribution in [-0.2, 0) is 12.6 Å². The number of fused-ring (bicyclic) bond motifs is 1. The number of halogens is 5. The van der Waals surface area contributed by atoms with Gasteiger partial charge in [-0.1, -0.05) is 41.9 Å². The number of hydrogen-bond acceptors (Lipinski definition) is 4. The summed E-state index contributed by atoms with van der Waals surface area (Å²) in [7, 11) is 2.10. The van der Waals surface area contributed by atoms with E-state index in [1.54, 1.807) is 13.1 Å². The molecule has 1 aliphatic rings. The summed E-state index contributed by atoms with van der Waals surface area (Å²) in [6, 6.07) is 13.0. The van der Waals surface area contributed by atoms with Crippen LogP contribution in [0.5, 0.6) is 0 Å². The Morgan fingerprint density at radius 3 is 2.51 bits per heavy atom. The first kappa shape index (κ1) is 25.5. The second-order valence-electron chi connectivity index (χ2n) is 9.55. The van der Waals surface area contributed by atoms with Gasteiger partial charge in [0.25, 0.3) is 0 Å². The van der Waals surface area contributed by atoms with Crippen LogP contribution in [0, 0.1) is 19.7 Å². The van der Waals surface area contributed by atoms with Crippen molar-refractivity contribution in [3.05, 3.63) is 81.9 Å². The number of anilines is 1. The summed E-state index contributed by atoms with van der Waals surface area (Å²) in [4.78, 5) is 9.21. The third kappa shape index (κ3) is 4.78. The maximum atomic E-state index is 15.2. The highest BCUT2D eigenvalue weighted by Gasteiger charge is 2.36. The fourth-order valence-corrected chi connectivity index (χ4v) is 5.23. The van der Waals surface area contributed by atoms with Gasteiger partial charge < -0.3 is 9.80 Å². The van der Waals surface area contributed by atoms with Crippen LogP contribution >= 0.6 is 11.6 Å². The van der Waals surface area contributed by atoms with E-state index in [1.165, 1.54) is 17.2 Å². The van der Waals surface area contributed by atoms with E-state index in [-0.39, 0.29) is 17.3 Å². The number of nitrogens with zero attached hydrogens (tertiary/aromatic N) is 5. The van der Waals surface area contributed by atoms with Crippen LogP contribution in [0.3, 0.4) is 0 Å². The average Bonchev–Trinajstić information content (AvgIpc) is 3.18. The minimum Gasteiger partial charge on any atom is -0.351 e. The molecule has 0 N–H and O–H groups in total. The topological polar surface area (TPSA) is 37.2 Å². The molecule has 194 valence electrons. The molecule has 0 bridgehead atoms. The molecule has 10 heteroatoms. The highest BCUT2D eigenvalue weighted by molar-refractivity contribution is 6.32. The van der Waals surface area contributed by atoms with Gasteiger partial charge in [-0.3, -0.25) is 0 Å². The third-order valence-corrected chi connectivity index (χ3v) is 7.45. The minimum absolute atomic E-state index is 0.187. The highest BCUT2D eigenvalue weighted by Crippen LogP contribution is 2.40. The molecule has 1 unspecified atom stereocenters. The van der Waals surface area contributed by atoms with Crippen molar-refractivity contribution < 1.29 is 17.6 Å². The molecular formula is C27H26ClF4N5. The molecule has 0 amide bonds. The minimum atomic E-state index is -4.73. The van der Waals surface area contributed by atoms with Crippen LogP contribution in [0.4, 0.5) is 23.4 Å². The van der Waals surface area contributed by atoms with Crippen molar-refractivity contribution >= 4 is 28.3 Å². The van der Waals surface area contributed by atoms with Gasteiger partial charge in [-0.05, 0) is 45.0 Å². The Kier molecular flexibility index (Phi) is 6.62. The van der Waals surface area contributed by atoms with Crippen molar-refractivity contribution in [3.8, 4) is 5.69 Å². The predicted molar refractivity (Wildman–Crippen MR) is 137 cm³/mol. The summed E-state index contributed by atoms with van der Waals surface area (Å²) < 4.78 is 57.1. The second-order valence-corrected chi connectivity index (χ2v) is 9.93. The maximum Gasteiger partial charge on any atom is 0.417 e. The van der Waals surface area contributed by atoms with E-state index in [9.17, 15) is 13.2 Å². The molecule has 0 radical (unpaired) electrons. The van der Waals surface area contributed by atoms with E-state index >= 15 is 4.39 Å². The predicted octanol–water partition coefficient (Wildman–Crippen LogP) is 6.21. The molecule has 0 aliphatic carbocycles. The van der Waals surface area contributed by atoms with Crippen LogP contribution in [0.25, 0.3) is 16.6 Å². The number of piperazine rings is 1. The van der Waals surface area contributed by atoms with Crippen molar-refractivity contribution in [1.29, 1.82) is 0 Å². The van der Waals surface area contributed by atoms with Crippen LogP contribution in [-0.4, -0.2) is 52.4 Å². The van der Waals surface area contributed by atoms with Gasteiger partial charge in [-0.2, -0.15) is 18.3 Å². The molecule has 5 nitrogen and oxygen atoms in total. The van der Waals surface area contributed by atoms with E-state index in [1.807, 2.05) is 24.3 Å². The lowest BCUT2D eigenvalue weighted by Gasteiger charge is -2.41. The molecule has 37 heavy (non-hydrogen) atoms. The molecular weight excluding hydrogens is 506 g/mol. The third-order valence-electron chi connectivity index (χ3n) is 6.97. The number of hydrogen-bond donors (Lipinski definition) is 0. The molecule has 2 aromatic heterocycles. The quantitative estimate of drug-likeness (QED) is 0.293. The van der Waals surface area contributed by atoms with Gasteiger partial charge in [0.2, 0.25) is 0 Å². The van der Waals surface area contributed by atoms with Crippen LogP contribution < -0.4 is 4.90 Å². The average molecular weight is 532 g/mol. The van der Waals surface area contributed by atoms with Crippen LogP contribution in [0.2, 0.25) is 5.02 Å². The Morgan fingerprint density at radius 2 is 1.81 bits per heavy atom. The lowest BCUT2D eigenvalue weighted by Crippen LogP contribution is -2.53. The number of benzene rings is 2. The monoisotopic (exact) mass is 531 g/mol. The van der Waals surface area contributed by atoms with Gasteiger partial charge in [-0.15, -0.1) is 0 Å². The lowest BCUT2D eigenvalue weighted by atomic mass is 10.0. The Hall–Kier alpha value is -3.17. The molecule has 1 atom stereocenters. The fraction of sp³-hybridized carbons (Fsp3) is 0.333. The van der Waals surface area contributed by atoms with Crippen molar-refractivity contribution in [2.45, 2.75) is 32.5 Å². The molecule has 0 spiro atoms. The molecule has 5 rings (SSSR count). The molecule has 1 fully saturated rings. The first-order valence-electron chi connectivity index (χ1n) is 11.9. The summed E-state index contributed by atoms with van der Waals surface area (Å²) in [5.74, 6) is -0.0959. The zero-order chi connectivity index (χ0) is 26.5. The largest absolute Gasteiger partial charge is 0.417 e. The molecule has 4 aromatic rings. The van der Waals surface area contributed by atoms with Gasteiger partial charge in [0.15, 0.2) is 5.82 Å². The second kappa shape index (κ2) is 9.61. The summed E-state index contributed by atoms with van der Waals surface area (Å²) >= 11 is 5.84. The van der Waals surface area contributed by atoms with Gasteiger partial charge in [0.05, 0.1) is 28.0 Å². The van der Waals surface area contributed by atoms with E-state index < -0.39 is 22.6 Å². The number of aryl methyl sites for hydroxylation is 1. The zero-order valence-corrected chi connectivity index (χ0v) is 21.4. The van der Waals surface area contributed by atoms with Gasteiger partial charge in [0, 0.05) is 36.6 Å². The van der Waals surface area contributed by atoms with E-state index in [0.29, 0.717) is 22.7 Å². The number of likely N-dealkylation sites (N-methyl/N-ethyl adjacent to an activating group) is 1. The summed E-state index contributed by atoms with van der Waals surface area (Å²) in [6.45, 7) is 5.49. The van der Waals surface area contributed by atoms with E-state index in [2.05, 4.69) is 39.1 Å². The zero-order valence-electron chi connectivity index (χ0n) is 20.7. The first-order chi connectivity index (χ1) is 17.5. The van der Waals surface area contributed by atoms with Crippen molar-refractivity contribution in [3.63, 3.8) is 0 Å². The maximum absolute atomic E-state index is 15.2. The number of alkyl halides is 3. The van der Waals surface area contributed by atoms with Crippen molar-refractivity contribution in [1.82, 2.24) is 19.7 Å². The molecule has 0 saturated carbocycles. The lowest BCUT2D eigenvalue weighted by molar-refractivity contribution is -0.137. The Morgan fingerprint density at radius 1 is 1.08 bits per heavy atom. The molecule has 3 heterocycles. The van der Waals surface area contributed by atoms with Crippen molar-refractivity contribution in [2.75, 3.05) is 31.6 Å². The molecule has 1 saturated heterocycles. The van der Waals surface area contributed by atoms with E-state index in [4.69, 9.17) is 11.6 Å². The van der Waals surface area contributed by atoms with Gasteiger partial charge >= 0.3 is 6.18 Å². The van der Waals surface area contributed by atoms with Crippen molar-refractivity contribution in [2.24, 2.45) is 0 Å². The number of pyridine rings is 1. The fourth-order valence-electron chi connectivity index (χ4n) is 4.98. The van der Waals surface area contributed by atoms with Gasteiger partial charge in [0.1, 0.15) is 11.5 Å². The summed E-state index contributed by atoms with van der Waals surface area (Å²) in [6.07, 6.45) is -2.33. The molecule has 2 aromatic carbocycles. The normalized spacial score (nSPS) is 17.1. The first-order valence-corrected chi connectivity index (χ1v) is 12.3. The number of rotatable bonds is 4. The summed E-state index contributed by atoms with van der Waals surface area (Å²) in [5, 5.41) is 4.45. The van der Waals surface area contributed by atoms with Gasteiger partial charge in [-0.25, -0.2) is 14.1 Å². The Bertz CT molecular complexity index is 1450. The standard InChI is InChI=1S/C27H26ClF4N5/c1-16-25(28)21(27(30,31)32)13-22(26(16)29)37-23-14-33-24(12-20(23)17(2)34-37)36-10-9-35(3)15-19(36)11-18-7-5-4-6-8-18/h4-8,12-14,19H,9-11,15H2,1-3H3. The SMILES string of the molecule is Cc1c(F)c(-n2nc(C)c3cc(N4CCN(C)CC4Cc4ccccc4)ncc32)cc(C(F)(F)F)c1Cl. The van der Waals surface area contributed by atoms with Crippen LogP contribution in [0.15, 0.2) is 48.7 Å². The Labute approximate surface area is 217 Å². The smallest absolute Gasteiger partial charge is 0.351 e. The highest BCUT2D eigenvalue weighted by atomic mass is 35.5.